The van der Waals surface area contributed by atoms with Crippen LogP contribution in [0.15, 0.2) is 15.9 Å². The molecule has 1 amide bonds. The Kier molecular flexibility index (Phi) is 5.81. The van der Waals surface area contributed by atoms with Crippen molar-refractivity contribution in [1.82, 2.24) is 10.2 Å². The summed E-state index contributed by atoms with van der Waals surface area (Å²) in [5, 5.41) is 4.99. The Morgan fingerprint density at radius 3 is 3.16 bits per heavy atom. The van der Waals surface area contributed by atoms with Crippen LogP contribution >= 0.6 is 27.3 Å². The lowest BCUT2D eigenvalue weighted by atomic mass is 10.2. The van der Waals surface area contributed by atoms with E-state index in [1.807, 2.05) is 11.9 Å². The van der Waals surface area contributed by atoms with Crippen LogP contribution in [0.2, 0.25) is 0 Å². The van der Waals surface area contributed by atoms with E-state index in [1.54, 1.807) is 11.3 Å². The van der Waals surface area contributed by atoms with Crippen molar-refractivity contribution in [3.8, 4) is 0 Å². The summed E-state index contributed by atoms with van der Waals surface area (Å²) in [6.07, 6.45) is 2.37. The quantitative estimate of drug-likeness (QED) is 0.858. The molecule has 0 radical (unpaired) electrons. The molecule has 0 bridgehead atoms. The van der Waals surface area contributed by atoms with Crippen molar-refractivity contribution < 1.29 is 9.53 Å². The number of carbonyl (C=O) groups excluding carboxylic acids is 1. The molecule has 0 aliphatic carbocycles. The molecule has 1 aromatic heterocycles. The van der Waals surface area contributed by atoms with Gasteiger partial charge in [0.25, 0.3) is 0 Å². The molecule has 0 unspecified atom stereocenters. The summed E-state index contributed by atoms with van der Waals surface area (Å²) < 4.78 is 6.58. The number of thiophene rings is 1. The van der Waals surface area contributed by atoms with Crippen LogP contribution in [0.25, 0.3) is 0 Å². The number of carbonyl (C=O) groups is 1. The lowest BCUT2D eigenvalue weighted by Gasteiger charge is -2.16. The largest absolute Gasteiger partial charge is 0.376 e. The van der Waals surface area contributed by atoms with Crippen LogP contribution in [0.3, 0.4) is 0 Å². The highest BCUT2D eigenvalue weighted by molar-refractivity contribution is 9.10. The molecular formula is C13H19BrN2O2S. The van der Waals surface area contributed by atoms with E-state index in [1.165, 1.54) is 4.88 Å². The van der Waals surface area contributed by atoms with Crippen molar-refractivity contribution in [2.45, 2.75) is 25.5 Å². The van der Waals surface area contributed by atoms with E-state index < -0.39 is 0 Å². The Balaban J connectivity index is 1.66. The van der Waals surface area contributed by atoms with Gasteiger partial charge in [-0.1, -0.05) is 0 Å². The van der Waals surface area contributed by atoms with Crippen molar-refractivity contribution in [2.75, 3.05) is 26.7 Å². The summed E-state index contributed by atoms with van der Waals surface area (Å²) in [6, 6.07) is 2.09. The molecule has 1 aliphatic heterocycles. The second-order valence-corrected chi connectivity index (χ2v) is 6.75. The molecule has 1 N–H and O–H groups in total. The summed E-state index contributed by atoms with van der Waals surface area (Å²) in [6.45, 7) is 2.68. The Bertz CT molecular complexity index is 419. The molecule has 2 heterocycles. The first-order valence-electron chi connectivity index (χ1n) is 6.43. The summed E-state index contributed by atoms with van der Waals surface area (Å²) >= 11 is 5.13. The van der Waals surface area contributed by atoms with Crippen molar-refractivity contribution in [2.24, 2.45) is 0 Å². The molecule has 0 aromatic carbocycles. The van der Waals surface area contributed by atoms with Gasteiger partial charge in [0.1, 0.15) is 0 Å². The van der Waals surface area contributed by atoms with Gasteiger partial charge in [-0.15, -0.1) is 11.3 Å². The van der Waals surface area contributed by atoms with E-state index in [2.05, 4.69) is 32.7 Å². The normalized spacial score (nSPS) is 19.0. The van der Waals surface area contributed by atoms with E-state index in [9.17, 15) is 4.79 Å². The van der Waals surface area contributed by atoms with Gasteiger partial charge in [-0.25, -0.2) is 0 Å². The molecule has 19 heavy (non-hydrogen) atoms. The molecule has 1 aliphatic rings. The van der Waals surface area contributed by atoms with Crippen molar-refractivity contribution in [3.63, 3.8) is 0 Å². The van der Waals surface area contributed by atoms with E-state index in [4.69, 9.17) is 4.74 Å². The minimum Gasteiger partial charge on any atom is -0.376 e. The van der Waals surface area contributed by atoms with Crippen LogP contribution < -0.4 is 5.32 Å². The number of halogens is 1. The SMILES string of the molecule is CN(CC(=O)NC[C@@H]1CCCO1)Cc1cc(Br)cs1. The zero-order valence-electron chi connectivity index (χ0n) is 11.0. The molecular weight excluding hydrogens is 328 g/mol. The minimum atomic E-state index is 0.0635. The fourth-order valence-electron chi connectivity index (χ4n) is 2.09. The van der Waals surface area contributed by atoms with Gasteiger partial charge in [-0.2, -0.15) is 0 Å². The maximum absolute atomic E-state index is 11.8. The van der Waals surface area contributed by atoms with Crippen LogP contribution in [0.4, 0.5) is 0 Å². The number of hydrogen-bond donors (Lipinski definition) is 1. The van der Waals surface area contributed by atoms with Crippen molar-refractivity contribution in [1.29, 1.82) is 0 Å². The Labute approximate surface area is 126 Å². The maximum Gasteiger partial charge on any atom is 0.234 e. The number of likely N-dealkylation sites (N-methyl/N-ethyl adjacent to an activating group) is 1. The van der Waals surface area contributed by atoms with E-state index in [0.717, 1.165) is 30.5 Å². The monoisotopic (exact) mass is 346 g/mol. The first kappa shape index (κ1) is 15.0. The van der Waals surface area contributed by atoms with E-state index >= 15 is 0 Å². The second kappa shape index (κ2) is 7.38. The second-order valence-electron chi connectivity index (χ2n) is 4.84. The highest BCUT2D eigenvalue weighted by Gasteiger charge is 2.16. The zero-order chi connectivity index (χ0) is 13.7. The molecule has 1 fully saturated rings. The topological polar surface area (TPSA) is 41.6 Å². The number of hydrogen-bond acceptors (Lipinski definition) is 4. The van der Waals surface area contributed by atoms with Crippen LogP contribution in [0.1, 0.15) is 17.7 Å². The molecule has 1 atom stereocenters. The Hall–Kier alpha value is -0.430. The van der Waals surface area contributed by atoms with Gasteiger partial charge < -0.3 is 10.1 Å². The van der Waals surface area contributed by atoms with Gasteiger partial charge in [-0.3, -0.25) is 9.69 Å². The number of rotatable bonds is 6. The van der Waals surface area contributed by atoms with Crippen LogP contribution in [-0.4, -0.2) is 43.7 Å². The van der Waals surface area contributed by atoms with Crippen LogP contribution in [0.5, 0.6) is 0 Å². The highest BCUT2D eigenvalue weighted by atomic mass is 79.9. The lowest BCUT2D eigenvalue weighted by molar-refractivity contribution is -0.122. The fraction of sp³-hybridized carbons (Fsp3) is 0.615. The molecule has 2 rings (SSSR count). The molecule has 4 nitrogen and oxygen atoms in total. The van der Waals surface area contributed by atoms with Gasteiger partial charge in [-0.05, 0) is 41.9 Å². The molecule has 1 saturated heterocycles. The number of nitrogens with zero attached hydrogens (tertiary/aromatic N) is 1. The average molecular weight is 347 g/mol. The minimum absolute atomic E-state index is 0.0635. The van der Waals surface area contributed by atoms with Gasteiger partial charge in [0, 0.05) is 34.4 Å². The summed E-state index contributed by atoms with van der Waals surface area (Å²) in [7, 11) is 1.96. The first-order chi connectivity index (χ1) is 9.13. The Morgan fingerprint density at radius 1 is 1.68 bits per heavy atom. The lowest BCUT2D eigenvalue weighted by Crippen LogP contribution is -2.38. The third-order valence-electron chi connectivity index (χ3n) is 3.01. The summed E-state index contributed by atoms with van der Waals surface area (Å²) in [5.41, 5.74) is 0. The average Bonchev–Trinajstić information content (AvgIpc) is 2.98. The zero-order valence-corrected chi connectivity index (χ0v) is 13.4. The number of amides is 1. The van der Waals surface area contributed by atoms with E-state index in [-0.39, 0.29) is 12.0 Å². The number of nitrogens with one attached hydrogen (secondary N) is 1. The highest BCUT2D eigenvalue weighted by Crippen LogP contribution is 2.20. The van der Waals surface area contributed by atoms with Gasteiger partial charge in [0.05, 0.1) is 12.6 Å². The molecule has 0 saturated carbocycles. The predicted molar refractivity (Wildman–Crippen MR) is 80.3 cm³/mol. The standard InChI is InChI=1S/C13H19BrN2O2S/c1-16(7-12-5-10(14)9-19-12)8-13(17)15-6-11-3-2-4-18-11/h5,9,11H,2-4,6-8H2,1H3,(H,15,17)/t11-/m0/s1. The Morgan fingerprint density at radius 2 is 2.53 bits per heavy atom. The molecule has 0 spiro atoms. The van der Waals surface area contributed by atoms with Gasteiger partial charge in [0.2, 0.25) is 5.91 Å². The van der Waals surface area contributed by atoms with Crippen LogP contribution in [-0.2, 0) is 16.1 Å². The fourth-order valence-corrected chi connectivity index (χ4v) is 3.62. The molecule has 106 valence electrons. The summed E-state index contributed by atoms with van der Waals surface area (Å²) in [5.74, 6) is 0.0635. The summed E-state index contributed by atoms with van der Waals surface area (Å²) in [4.78, 5) is 15.1. The van der Waals surface area contributed by atoms with Gasteiger partial charge in [0.15, 0.2) is 0 Å². The predicted octanol–water partition coefficient (Wildman–Crippen LogP) is 2.24. The van der Waals surface area contributed by atoms with Gasteiger partial charge >= 0.3 is 0 Å². The smallest absolute Gasteiger partial charge is 0.234 e. The first-order valence-corrected chi connectivity index (χ1v) is 8.10. The third-order valence-corrected chi connectivity index (χ3v) is 4.69. The molecule has 1 aromatic rings. The van der Waals surface area contributed by atoms with Crippen molar-refractivity contribution >= 4 is 33.2 Å². The van der Waals surface area contributed by atoms with E-state index in [0.29, 0.717) is 13.1 Å². The molecule has 6 heteroatoms. The van der Waals surface area contributed by atoms with Crippen LogP contribution in [0, 0.1) is 0 Å². The maximum atomic E-state index is 11.8. The van der Waals surface area contributed by atoms with Crippen molar-refractivity contribution in [3.05, 3.63) is 20.8 Å². The number of ether oxygens (including phenoxy) is 1. The third kappa shape index (κ3) is 5.22.